The number of nitrogens with zero attached hydrogens (tertiary/aromatic N) is 5. The van der Waals surface area contributed by atoms with Crippen LogP contribution in [0.25, 0.3) is 44.5 Å². The van der Waals surface area contributed by atoms with Crippen LogP contribution in [0, 0.1) is 0 Å². The molecule has 0 fully saturated rings. The number of anilines is 12. The first kappa shape index (κ1) is 47.9. The Morgan fingerprint density at radius 1 is 0.214 bits per heavy atom. The van der Waals surface area contributed by atoms with Gasteiger partial charge in [-0.1, -0.05) is 237 Å². The average Bonchev–Trinajstić information content (AvgIpc) is 0.751. The number of aromatic nitrogens is 1. The lowest BCUT2D eigenvalue weighted by Gasteiger charge is -2.47. The summed E-state index contributed by atoms with van der Waals surface area (Å²) in [6.45, 7) is -0.382. The van der Waals surface area contributed by atoms with Crippen molar-refractivity contribution in [1.82, 2.24) is 4.98 Å². The van der Waals surface area contributed by atoms with Crippen LogP contribution in [0.1, 0.15) is 0 Å². The lowest BCUT2D eigenvalue weighted by atomic mass is 9.30. The number of benzene rings is 12. The van der Waals surface area contributed by atoms with Crippen LogP contribution in [0.4, 0.5) is 68.5 Å². The van der Waals surface area contributed by atoms with E-state index in [2.05, 4.69) is 329 Å². The minimum absolute atomic E-state index is 0.191. The van der Waals surface area contributed by atoms with Crippen LogP contribution in [-0.2, 0) is 0 Å². The molecule has 0 saturated heterocycles. The van der Waals surface area contributed by atoms with Crippen LogP contribution >= 0.6 is 0 Å². The maximum atomic E-state index is 6.31. The number of hydrogen-bond donors (Lipinski definition) is 0. The van der Waals surface area contributed by atoms with Crippen molar-refractivity contribution in [2.75, 3.05) is 19.6 Å². The van der Waals surface area contributed by atoms with Gasteiger partial charge in [-0.3, -0.25) is 9.80 Å². The lowest BCUT2D eigenvalue weighted by Crippen LogP contribution is -2.65. The topological polar surface area (TPSA) is 25.9 Å². The molecule has 0 N–H and O–H groups in total. The summed E-state index contributed by atoms with van der Waals surface area (Å²) in [6.07, 6.45) is 0. The molecule has 17 rings (SSSR count). The summed E-state index contributed by atoms with van der Waals surface area (Å²) >= 11 is 0. The third kappa shape index (κ3) is 7.42. The van der Waals surface area contributed by atoms with Gasteiger partial charge in [-0.15, -0.1) is 0 Å². The van der Waals surface area contributed by atoms with Gasteiger partial charge in [-0.05, 0) is 139 Å². The van der Waals surface area contributed by atoms with Gasteiger partial charge < -0.3 is 9.80 Å². The van der Waals surface area contributed by atoms with E-state index in [1.807, 2.05) is 0 Å². The van der Waals surface area contributed by atoms with Crippen molar-refractivity contribution in [3.63, 3.8) is 0 Å². The van der Waals surface area contributed by atoms with Gasteiger partial charge in [0.2, 0.25) is 0 Å². The normalized spacial score (nSPS) is 13.1. The Kier molecular flexibility index (Phi) is 11.1. The van der Waals surface area contributed by atoms with Gasteiger partial charge in [-0.25, -0.2) is 4.98 Å². The molecule has 0 saturated carbocycles. The first-order chi connectivity index (χ1) is 41.7. The van der Waals surface area contributed by atoms with Crippen molar-refractivity contribution in [1.29, 1.82) is 0 Å². The molecule has 0 atom stereocenters. The largest absolute Gasteiger partial charge is 0.311 e. The number of fused-ring (bicyclic) bond motifs is 8. The highest BCUT2D eigenvalue weighted by atomic mass is 15.3. The molecule has 4 aliphatic heterocycles. The van der Waals surface area contributed by atoms with Crippen LogP contribution < -0.4 is 52.4 Å². The molecule has 7 heteroatoms. The SMILES string of the molecule is c1ccc(-c2cc3c4c(c2)N(c2ccccc2)c2nc5c(cc2B4c2ccccc2N3c2ccccc2-c2ccccc2)B2c3ccccc3N(c3ccccc3-c3ccccc3)c3cc(-c4ccccc4)cc(c32)N5c2ccccc2)cc1. The Morgan fingerprint density at radius 3 is 0.893 bits per heavy atom. The molecule has 5 heterocycles. The summed E-state index contributed by atoms with van der Waals surface area (Å²) in [7, 11) is 0. The molecule has 84 heavy (non-hydrogen) atoms. The average molecular weight is 1070 g/mol. The molecule has 1 aromatic heterocycles. The molecule has 13 aromatic rings. The molecule has 0 radical (unpaired) electrons. The molecule has 390 valence electrons. The Hall–Kier alpha value is -10.9. The van der Waals surface area contributed by atoms with Gasteiger partial charge in [0, 0.05) is 56.6 Å². The molecule has 5 nitrogen and oxygen atoms in total. The second kappa shape index (κ2) is 19.4. The lowest BCUT2D eigenvalue weighted by molar-refractivity contribution is 1.14. The van der Waals surface area contributed by atoms with Crippen molar-refractivity contribution < 1.29 is 0 Å². The number of para-hydroxylation sites is 6. The van der Waals surface area contributed by atoms with Crippen molar-refractivity contribution in [2.24, 2.45) is 0 Å². The fourth-order valence-corrected chi connectivity index (χ4v) is 14.1. The molecule has 0 unspecified atom stereocenters. The van der Waals surface area contributed by atoms with E-state index in [9.17, 15) is 0 Å². The summed E-state index contributed by atoms with van der Waals surface area (Å²) in [5, 5.41) is 0. The van der Waals surface area contributed by atoms with Crippen molar-refractivity contribution in [3.05, 3.63) is 309 Å². The molecule has 0 spiro atoms. The standard InChI is InChI=1S/C77H51B2N5/c1-7-27-52(28-8-1)56-47-70-74-72(49-56)83(66-43-23-19-39-60(66)54-31-11-3-12-32-54)68-45-25-21-41-62(68)78(74)64-51-65-77(80-76(64)81(70)58-35-15-5-16-36-58)82(59-37-17-6-18-38-59)71-48-57(53-29-9-2-10-30-53)50-73-75(71)79(65)63-42-22-26-46-69(63)84(73)67-44-24-20-40-61(67)55-33-13-4-14-34-55/h1-51H. The molecular formula is C77H51B2N5. The van der Waals surface area contributed by atoms with E-state index in [1.54, 1.807) is 0 Å². The summed E-state index contributed by atoms with van der Waals surface area (Å²) in [4.78, 5) is 16.3. The number of hydrogen-bond acceptors (Lipinski definition) is 5. The van der Waals surface area contributed by atoms with E-state index < -0.39 is 0 Å². The maximum Gasteiger partial charge on any atom is 0.254 e. The zero-order valence-corrected chi connectivity index (χ0v) is 45.8. The van der Waals surface area contributed by atoms with E-state index >= 15 is 0 Å². The Balaban J connectivity index is 0.987. The molecule has 4 aliphatic rings. The van der Waals surface area contributed by atoms with E-state index in [0.29, 0.717) is 0 Å². The van der Waals surface area contributed by atoms with Gasteiger partial charge in [0.1, 0.15) is 11.6 Å². The van der Waals surface area contributed by atoms with E-state index in [-0.39, 0.29) is 13.4 Å². The smallest absolute Gasteiger partial charge is 0.254 e. The Bertz CT molecular complexity index is 4400. The van der Waals surface area contributed by atoms with Crippen LogP contribution in [0.5, 0.6) is 0 Å². The van der Waals surface area contributed by atoms with Gasteiger partial charge in [-0.2, -0.15) is 0 Å². The summed E-state index contributed by atoms with van der Waals surface area (Å²) in [5.74, 6) is 1.82. The molecule has 0 bridgehead atoms. The third-order valence-corrected chi connectivity index (χ3v) is 17.6. The van der Waals surface area contributed by atoms with E-state index in [4.69, 9.17) is 4.98 Å². The fourth-order valence-electron chi connectivity index (χ4n) is 14.1. The predicted octanol–water partition coefficient (Wildman–Crippen LogP) is 15.9. The molecule has 0 aliphatic carbocycles. The quantitative estimate of drug-likeness (QED) is 0.141. The number of pyridine rings is 1. The molecular weight excluding hydrogens is 1020 g/mol. The minimum Gasteiger partial charge on any atom is -0.311 e. The van der Waals surface area contributed by atoms with Crippen molar-refractivity contribution in [3.8, 4) is 44.5 Å². The van der Waals surface area contributed by atoms with Crippen LogP contribution in [0.2, 0.25) is 0 Å². The van der Waals surface area contributed by atoms with E-state index in [0.717, 1.165) is 102 Å². The summed E-state index contributed by atoms with van der Waals surface area (Å²) in [6, 6.07) is 114. The monoisotopic (exact) mass is 1070 g/mol. The highest BCUT2D eigenvalue weighted by Gasteiger charge is 2.49. The van der Waals surface area contributed by atoms with E-state index in [1.165, 1.54) is 44.1 Å². The van der Waals surface area contributed by atoms with Crippen molar-refractivity contribution >= 4 is 115 Å². The Labute approximate surface area is 490 Å². The van der Waals surface area contributed by atoms with Crippen molar-refractivity contribution in [2.45, 2.75) is 0 Å². The van der Waals surface area contributed by atoms with Crippen LogP contribution in [0.15, 0.2) is 309 Å². The summed E-state index contributed by atoms with van der Waals surface area (Å²) < 4.78 is 0. The summed E-state index contributed by atoms with van der Waals surface area (Å²) in [5.41, 5.74) is 27.6. The first-order valence-corrected chi connectivity index (χ1v) is 29.0. The van der Waals surface area contributed by atoms with Crippen LogP contribution in [0.3, 0.4) is 0 Å². The molecule has 12 aromatic carbocycles. The Morgan fingerprint density at radius 2 is 0.512 bits per heavy atom. The second-order valence-corrected chi connectivity index (χ2v) is 22.2. The fraction of sp³-hybridized carbons (Fsp3) is 0. The number of rotatable bonds is 8. The highest BCUT2D eigenvalue weighted by molar-refractivity contribution is 7.03. The highest BCUT2D eigenvalue weighted by Crippen LogP contribution is 2.51. The van der Waals surface area contributed by atoms with Gasteiger partial charge in [0.05, 0.1) is 11.4 Å². The third-order valence-electron chi connectivity index (χ3n) is 17.6. The first-order valence-electron chi connectivity index (χ1n) is 29.0. The predicted molar refractivity (Wildman–Crippen MR) is 354 cm³/mol. The van der Waals surface area contributed by atoms with Gasteiger partial charge in [0.15, 0.2) is 0 Å². The second-order valence-electron chi connectivity index (χ2n) is 22.2. The zero-order chi connectivity index (χ0) is 55.2. The minimum atomic E-state index is -0.191. The van der Waals surface area contributed by atoms with Gasteiger partial charge in [0.25, 0.3) is 13.4 Å². The van der Waals surface area contributed by atoms with Crippen LogP contribution in [-0.4, -0.2) is 18.4 Å². The van der Waals surface area contributed by atoms with Gasteiger partial charge >= 0.3 is 0 Å². The molecule has 0 amide bonds. The maximum absolute atomic E-state index is 6.31. The zero-order valence-electron chi connectivity index (χ0n) is 45.8.